The number of hydrogen-bond acceptors (Lipinski definition) is 2. The Morgan fingerprint density at radius 3 is 2.50 bits per heavy atom. The third kappa shape index (κ3) is 5.29. The van der Waals surface area contributed by atoms with E-state index in [9.17, 15) is 4.79 Å². The smallest absolute Gasteiger partial charge is 0.203 e. The largest absolute Gasteiger partial charge is 0.286 e. The van der Waals surface area contributed by atoms with Crippen molar-refractivity contribution in [2.75, 3.05) is 0 Å². The quantitative estimate of drug-likeness (QED) is 0.660. The van der Waals surface area contributed by atoms with Crippen LogP contribution in [0.3, 0.4) is 0 Å². The lowest BCUT2D eigenvalue weighted by molar-refractivity contribution is -0.113. The molecule has 0 aromatic carbocycles. The molecule has 0 radical (unpaired) electrons. The van der Waals surface area contributed by atoms with E-state index < -0.39 is 5.92 Å². The Labute approximate surface area is 92.1 Å². The number of nitriles is 1. The van der Waals surface area contributed by atoms with E-state index in [-0.39, 0.29) is 5.12 Å². The van der Waals surface area contributed by atoms with Gasteiger partial charge in [-0.15, -0.1) is 12.6 Å². The maximum atomic E-state index is 10.9. The fourth-order valence-corrected chi connectivity index (χ4v) is 1.69. The van der Waals surface area contributed by atoms with Crippen LogP contribution in [-0.2, 0) is 4.79 Å². The van der Waals surface area contributed by atoms with E-state index >= 15 is 0 Å². The Kier molecular flexibility index (Phi) is 7.60. The molecular formula is C11H19NOS. The van der Waals surface area contributed by atoms with Crippen LogP contribution in [0.1, 0.15) is 46.0 Å². The summed E-state index contributed by atoms with van der Waals surface area (Å²) in [4.78, 5) is 10.9. The molecule has 0 saturated heterocycles. The molecule has 0 amide bonds. The van der Waals surface area contributed by atoms with Crippen LogP contribution < -0.4 is 0 Å². The van der Waals surface area contributed by atoms with Crippen molar-refractivity contribution < 1.29 is 4.79 Å². The zero-order chi connectivity index (χ0) is 11.0. The molecule has 14 heavy (non-hydrogen) atoms. The molecule has 0 heterocycles. The average Bonchev–Trinajstić information content (AvgIpc) is 2.18. The SMILES string of the molecule is CCCCC(CC)CC(C#N)C(=O)S. The predicted octanol–water partition coefficient (Wildman–Crippen LogP) is 3.19. The molecule has 0 N–H and O–H groups in total. The van der Waals surface area contributed by atoms with E-state index in [1.807, 2.05) is 6.07 Å². The summed E-state index contributed by atoms with van der Waals surface area (Å²) in [5.41, 5.74) is 0. The molecule has 0 saturated carbocycles. The van der Waals surface area contributed by atoms with Gasteiger partial charge in [-0.05, 0) is 12.3 Å². The maximum absolute atomic E-state index is 10.9. The van der Waals surface area contributed by atoms with E-state index in [2.05, 4.69) is 26.5 Å². The summed E-state index contributed by atoms with van der Waals surface area (Å²) in [7, 11) is 0. The van der Waals surface area contributed by atoms with Crippen LogP contribution in [0.15, 0.2) is 0 Å². The lowest BCUT2D eigenvalue weighted by atomic mass is 9.90. The molecule has 0 bridgehead atoms. The van der Waals surface area contributed by atoms with Crippen LogP contribution in [0.4, 0.5) is 0 Å². The van der Waals surface area contributed by atoms with Crippen molar-refractivity contribution in [1.82, 2.24) is 0 Å². The third-order valence-corrected chi connectivity index (χ3v) is 2.88. The van der Waals surface area contributed by atoms with Gasteiger partial charge in [0.25, 0.3) is 0 Å². The monoisotopic (exact) mass is 213 g/mol. The van der Waals surface area contributed by atoms with Gasteiger partial charge in [0.15, 0.2) is 0 Å². The Morgan fingerprint density at radius 1 is 1.50 bits per heavy atom. The normalized spacial score (nSPS) is 14.4. The van der Waals surface area contributed by atoms with E-state index in [0.29, 0.717) is 12.3 Å². The second kappa shape index (κ2) is 7.87. The molecule has 3 heteroatoms. The van der Waals surface area contributed by atoms with Gasteiger partial charge in [0.05, 0.1) is 6.07 Å². The standard InChI is InChI=1S/C11H19NOS/c1-3-5-6-9(4-2)7-10(8-12)11(13)14/h9-10H,3-7H2,1-2H3,(H,13,14). The van der Waals surface area contributed by atoms with Gasteiger partial charge in [0.1, 0.15) is 5.92 Å². The fourth-order valence-electron chi connectivity index (χ4n) is 1.52. The molecular weight excluding hydrogens is 194 g/mol. The van der Waals surface area contributed by atoms with Crippen LogP contribution >= 0.6 is 12.6 Å². The van der Waals surface area contributed by atoms with Crippen LogP contribution in [0.5, 0.6) is 0 Å². The van der Waals surface area contributed by atoms with Gasteiger partial charge >= 0.3 is 0 Å². The molecule has 0 aliphatic heterocycles. The van der Waals surface area contributed by atoms with Crippen LogP contribution in [0.2, 0.25) is 0 Å². The predicted molar refractivity (Wildman–Crippen MR) is 61.0 cm³/mol. The van der Waals surface area contributed by atoms with Crippen LogP contribution in [-0.4, -0.2) is 5.12 Å². The van der Waals surface area contributed by atoms with Crippen molar-refractivity contribution in [2.24, 2.45) is 11.8 Å². The molecule has 0 fully saturated rings. The highest BCUT2D eigenvalue weighted by atomic mass is 32.1. The van der Waals surface area contributed by atoms with Gasteiger partial charge in [-0.2, -0.15) is 5.26 Å². The van der Waals surface area contributed by atoms with Crippen LogP contribution in [0.25, 0.3) is 0 Å². The molecule has 0 aliphatic carbocycles. The highest BCUT2D eigenvalue weighted by molar-refractivity contribution is 7.96. The van der Waals surface area contributed by atoms with Gasteiger partial charge < -0.3 is 0 Å². The van der Waals surface area contributed by atoms with Crippen molar-refractivity contribution in [3.8, 4) is 6.07 Å². The summed E-state index contributed by atoms with van der Waals surface area (Å²) in [5.74, 6) is -0.0177. The second-order valence-electron chi connectivity index (χ2n) is 3.67. The number of hydrogen-bond donors (Lipinski definition) is 1. The Bertz CT molecular complexity index is 210. The first-order valence-electron chi connectivity index (χ1n) is 5.28. The molecule has 0 aromatic heterocycles. The van der Waals surface area contributed by atoms with Crippen molar-refractivity contribution in [3.63, 3.8) is 0 Å². The number of thiol groups is 1. The molecule has 2 unspecified atom stereocenters. The molecule has 0 aromatic rings. The molecule has 80 valence electrons. The lowest BCUT2D eigenvalue weighted by Gasteiger charge is -2.15. The Hall–Kier alpha value is -0.490. The van der Waals surface area contributed by atoms with Crippen molar-refractivity contribution in [3.05, 3.63) is 0 Å². The topological polar surface area (TPSA) is 40.9 Å². The fraction of sp³-hybridized carbons (Fsp3) is 0.818. The van der Waals surface area contributed by atoms with Gasteiger partial charge in [-0.1, -0.05) is 39.5 Å². The number of unbranched alkanes of at least 4 members (excludes halogenated alkanes) is 1. The zero-order valence-electron chi connectivity index (χ0n) is 8.99. The summed E-state index contributed by atoms with van der Waals surface area (Å²) in [6.45, 7) is 4.26. The third-order valence-electron chi connectivity index (χ3n) is 2.57. The summed E-state index contributed by atoms with van der Waals surface area (Å²) in [5, 5.41) is 8.46. The van der Waals surface area contributed by atoms with E-state index in [1.54, 1.807) is 0 Å². The van der Waals surface area contributed by atoms with E-state index in [1.165, 1.54) is 12.8 Å². The minimum Gasteiger partial charge on any atom is -0.286 e. The van der Waals surface area contributed by atoms with Gasteiger partial charge in [0.2, 0.25) is 5.12 Å². The summed E-state index contributed by atoms with van der Waals surface area (Å²) in [6.07, 6.45) is 5.18. The van der Waals surface area contributed by atoms with Crippen LogP contribution in [0, 0.1) is 23.2 Å². The highest BCUT2D eigenvalue weighted by Gasteiger charge is 2.18. The maximum Gasteiger partial charge on any atom is 0.203 e. The average molecular weight is 213 g/mol. The molecule has 0 rings (SSSR count). The molecule has 2 atom stereocenters. The zero-order valence-corrected chi connectivity index (χ0v) is 9.89. The molecule has 2 nitrogen and oxygen atoms in total. The second-order valence-corrected chi connectivity index (χ2v) is 4.11. The van der Waals surface area contributed by atoms with E-state index in [4.69, 9.17) is 5.26 Å². The number of carbonyl (C=O) groups is 1. The molecule has 0 aliphatic rings. The summed E-state index contributed by atoms with van der Waals surface area (Å²) < 4.78 is 0. The number of nitrogens with zero attached hydrogens (tertiary/aromatic N) is 1. The molecule has 0 spiro atoms. The van der Waals surface area contributed by atoms with Gasteiger partial charge in [0, 0.05) is 0 Å². The van der Waals surface area contributed by atoms with Gasteiger partial charge in [-0.3, -0.25) is 4.79 Å². The number of rotatable bonds is 7. The van der Waals surface area contributed by atoms with Crippen molar-refractivity contribution in [2.45, 2.75) is 46.0 Å². The van der Waals surface area contributed by atoms with Crippen molar-refractivity contribution in [1.29, 1.82) is 5.26 Å². The highest BCUT2D eigenvalue weighted by Crippen LogP contribution is 2.22. The first-order valence-corrected chi connectivity index (χ1v) is 5.72. The first-order chi connectivity index (χ1) is 6.65. The minimum atomic E-state index is -0.514. The summed E-state index contributed by atoms with van der Waals surface area (Å²) >= 11 is 3.72. The minimum absolute atomic E-state index is 0.289. The van der Waals surface area contributed by atoms with Gasteiger partial charge in [-0.25, -0.2) is 0 Å². The van der Waals surface area contributed by atoms with E-state index in [0.717, 1.165) is 12.8 Å². The Balaban J connectivity index is 4.02. The summed E-state index contributed by atoms with van der Waals surface area (Å²) in [6, 6.07) is 2.02. The Morgan fingerprint density at radius 2 is 2.14 bits per heavy atom. The lowest BCUT2D eigenvalue weighted by Crippen LogP contribution is -2.12. The van der Waals surface area contributed by atoms with Crippen molar-refractivity contribution >= 4 is 17.7 Å². The number of carbonyl (C=O) groups excluding carboxylic acids is 1. The first kappa shape index (κ1) is 13.5.